The molecule has 0 spiro atoms. The second-order valence-corrected chi connectivity index (χ2v) is 13.3. The average Bonchev–Trinajstić information content (AvgIpc) is 3.02. The van der Waals surface area contributed by atoms with Gasteiger partial charge in [-0.3, -0.25) is 0 Å². The summed E-state index contributed by atoms with van der Waals surface area (Å²) in [5, 5.41) is 0. The predicted molar refractivity (Wildman–Crippen MR) is 198 cm³/mol. The van der Waals surface area contributed by atoms with Crippen molar-refractivity contribution in [3.05, 3.63) is 151 Å². The molecule has 0 N–H and O–H groups in total. The molecule has 0 aliphatic heterocycles. The van der Waals surface area contributed by atoms with Crippen LogP contribution in [0.2, 0.25) is 0 Å². The molecule has 5 aromatic rings. The van der Waals surface area contributed by atoms with Gasteiger partial charge in [0, 0.05) is 11.8 Å². The van der Waals surface area contributed by atoms with Gasteiger partial charge in [0.1, 0.15) is 23.0 Å². The zero-order valence-electron chi connectivity index (χ0n) is 30.7. The second kappa shape index (κ2) is 14.2. The Labute approximate surface area is 287 Å². The summed E-state index contributed by atoms with van der Waals surface area (Å²) in [6.07, 6.45) is 0. The van der Waals surface area contributed by atoms with Crippen LogP contribution >= 0.6 is 0 Å². The van der Waals surface area contributed by atoms with Gasteiger partial charge in [-0.15, -0.1) is 0 Å². The highest BCUT2D eigenvalue weighted by atomic mass is 16.5. The molecule has 4 nitrogen and oxygen atoms in total. The van der Waals surface area contributed by atoms with Crippen LogP contribution in [-0.4, -0.2) is 28.4 Å². The average molecular weight is 643 g/mol. The number of methoxy groups -OCH3 is 4. The molecule has 0 atom stereocenters. The van der Waals surface area contributed by atoms with Crippen molar-refractivity contribution in [2.75, 3.05) is 28.4 Å². The quantitative estimate of drug-likeness (QED) is 0.142. The molecule has 0 heterocycles. The van der Waals surface area contributed by atoms with Gasteiger partial charge in [-0.2, -0.15) is 0 Å². The zero-order valence-corrected chi connectivity index (χ0v) is 30.7. The van der Waals surface area contributed by atoms with Gasteiger partial charge in [0.2, 0.25) is 0 Å². The third-order valence-electron chi connectivity index (χ3n) is 9.68. The number of rotatable bonds is 10. The van der Waals surface area contributed by atoms with Gasteiger partial charge in [0.15, 0.2) is 0 Å². The van der Waals surface area contributed by atoms with Crippen LogP contribution in [0.15, 0.2) is 72.8 Å². The second-order valence-electron chi connectivity index (χ2n) is 13.3. The monoisotopic (exact) mass is 642 g/mol. The maximum absolute atomic E-state index is 5.75. The molecule has 0 amide bonds. The van der Waals surface area contributed by atoms with E-state index in [1.54, 1.807) is 28.4 Å². The summed E-state index contributed by atoms with van der Waals surface area (Å²) >= 11 is 0. The normalized spacial score (nSPS) is 11.3. The first-order valence-corrected chi connectivity index (χ1v) is 16.6. The molecule has 0 unspecified atom stereocenters. The first kappa shape index (κ1) is 34.6. The molecular formula is C44H50O4. The van der Waals surface area contributed by atoms with Crippen molar-refractivity contribution in [1.29, 1.82) is 0 Å². The Morgan fingerprint density at radius 1 is 0.292 bits per heavy atom. The maximum atomic E-state index is 5.75. The van der Waals surface area contributed by atoms with Crippen LogP contribution in [0.5, 0.6) is 23.0 Å². The first-order chi connectivity index (χ1) is 22.9. The molecule has 250 valence electrons. The van der Waals surface area contributed by atoms with E-state index in [9.17, 15) is 0 Å². The largest absolute Gasteiger partial charge is 0.496 e. The van der Waals surface area contributed by atoms with Gasteiger partial charge in [-0.1, -0.05) is 72.8 Å². The number of benzene rings is 5. The van der Waals surface area contributed by atoms with Crippen molar-refractivity contribution in [3.8, 4) is 23.0 Å². The van der Waals surface area contributed by atoms with Gasteiger partial charge in [0.25, 0.3) is 0 Å². The minimum Gasteiger partial charge on any atom is -0.496 e. The number of ether oxygens (including phenoxy) is 4. The lowest BCUT2D eigenvalue weighted by molar-refractivity contribution is 0.408. The number of hydrogen-bond acceptors (Lipinski definition) is 4. The summed E-state index contributed by atoms with van der Waals surface area (Å²) in [5.74, 6) is 3.81. The van der Waals surface area contributed by atoms with E-state index in [1.807, 2.05) is 0 Å². The highest BCUT2D eigenvalue weighted by molar-refractivity contribution is 5.57. The lowest BCUT2D eigenvalue weighted by Crippen LogP contribution is -2.09. The van der Waals surface area contributed by atoms with Gasteiger partial charge >= 0.3 is 0 Å². The van der Waals surface area contributed by atoms with Crippen molar-refractivity contribution < 1.29 is 18.9 Å². The topological polar surface area (TPSA) is 36.9 Å². The molecule has 0 aliphatic carbocycles. The van der Waals surface area contributed by atoms with E-state index in [0.717, 1.165) is 67.5 Å². The van der Waals surface area contributed by atoms with Gasteiger partial charge in [0.05, 0.1) is 28.4 Å². The molecule has 0 bridgehead atoms. The van der Waals surface area contributed by atoms with Crippen LogP contribution in [0.4, 0.5) is 0 Å². The molecule has 0 aliphatic rings. The lowest BCUT2D eigenvalue weighted by atomic mass is 9.79. The minimum absolute atomic E-state index is 0.0278. The lowest BCUT2D eigenvalue weighted by Gasteiger charge is -2.25. The standard InChI is InChI=1S/C44H50O4/c1-25-17-35(18-26(2)41(25)45-9)39(36-19-27(3)42(46-10)28(4)20-36)33-13-15-34(16-14-33)40(37-21-29(5)43(47-11)30(6)22-37)38-23-31(7)44(48-12)32(8)24-38/h13-24,39-40H,1-12H3. The van der Waals surface area contributed by atoms with E-state index in [1.165, 1.54) is 33.4 Å². The highest BCUT2D eigenvalue weighted by Crippen LogP contribution is 2.42. The molecule has 0 saturated carbocycles. The molecule has 0 aromatic heterocycles. The summed E-state index contributed by atoms with van der Waals surface area (Å²) < 4.78 is 23.0. The maximum Gasteiger partial charge on any atom is 0.124 e. The van der Waals surface area contributed by atoms with E-state index in [4.69, 9.17) is 18.9 Å². The fourth-order valence-corrected chi connectivity index (χ4v) is 7.93. The van der Waals surface area contributed by atoms with Crippen LogP contribution in [0.3, 0.4) is 0 Å². The van der Waals surface area contributed by atoms with E-state index in [2.05, 4.69) is 128 Å². The van der Waals surface area contributed by atoms with Crippen LogP contribution in [0.1, 0.15) is 89.7 Å². The smallest absolute Gasteiger partial charge is 0.124 e. The Kier molecular flexibility index (Phi) is 10.2. The summed E-state index contributed by atoms with van der Waals surface area (Å²) in [6, 6.07) is 27.4. The summed E-state index contributed by atoms with van der Waals surface area (Å²) in [4.78, 5) is 0. The third-order valence-corrected chi connectivity index (χ3v) is 9.68. The summed E-state index contributed by atoms with van der Waals surface area (Å²) in [7, 11) is 6.98. The number of aryl methyl sites for hydroxylation is 8. The Balaban J connectivity index is 1.70. The summed E-state index contributed by atoms with van der Waals surface area (Å²) in [5.41, 5.74) is 16.5. The molecule has 48 heavy (non-hydrogen) atoms. The first-order valence-electron chi connectivity index (χ1n) is 16.6. The molecule has 0 fully saturated rings. The van der Waals surface area contributed by atoms with E-state index >= 15 is 0 Å². The zero-order chi connectivity index (χ0) is 34.9. The van der Waals surface area contributed by atoms with Crippen LogP contribution in [0.25, 0.3) is 0 Å². The Bertz CT molecular complexity index is 1600. The third kappa shape index (κ3) is 6.54. The van der Waals surface area contributed by atoms with Crippen molar-refractivity contribution >= 4 is 0 Å². The summed E-state index contributed by atoms with van der Waals surface area (Å²) in [6.45, 7) is 17.0. The molecule has 0 saturated heterocycles. The van der Waals surface area contributed by atoms with Crippen LogP contribution < -0.4 is 18.9 Å². The van der Waals surface area contributed by atoms with Crippen molar-refractivity contribution in [3.63, 3.8) is 0 Å². The molecule has 5 rings (SSSR count). The fourth-order valence-electron chi connectivity index (χ4n) is 7.93. The fraction of sp³-hybridized carbons (Fsp3) is 0.318. The van der Waals surface area contributed by atoms with Crippen molar-refractivity contribution in [2.24, 2.45) is 0 Å². The van der Waals surface area contributed by atoms with E-state index in [-0.39, 0.29) is 11.8 Å². The Morgan fingerprint density at radius 2 is 0.458 bits per heavy atom. The molecular weight excluding hydrogens is 592 g/mol. The number of hydrogen-bond donors (Lipinski definition) is 0. The molecule has 0 radical (unpaired) electrons. The SMILES string of the molecule is COc1c(C)cc(C(c2ccc(C(c3cc(C)c(OC)c(C)c3)c3cc(C)c(OC)c(C)c3)cc2)c2cc(C)c(OC)c(C)c2)cc1C. The minimum atomic E-state index is 0.0278. The van der Waals surface area contributed by atoms with Gasteiger partial charge in [-0.05, 0) is 133 Å². The molecule has 5 aromatic carbocycles. The van der Waals surface area contributed by atoms with Crippen molar-refractivity contribution in [1.82, 2.24) is 0 Å². The highest BCUT2D eigenvalue weighted by Gasteiger charge is 2.24. The van der Waals surface area contributed by atoms with E-state index in [0.29, 0.717) is 0 Å². The predicted octanol–water partition coefficient (Wildman–Crippen LogP) is 10.5. The van der Waals surface area contributed by atoms with Crippen molar-refractivity contribution in [2.45, 2.75) is 67.2 Å². The van der Waals surface area contributed by atoms with Gasteiger partial charge in [-0.25, -0.2) is 0 Å². The van der Waals surface area contributed by atoms with Gasteiger partial charge < -0.3 is 18.9 Å². The van der Waals surface area contributed by atoms with Crippen LogP contribution in [-0.2, 0) is 0 Å². The van der Waals surface area contributed by atoms with E-state index < -0.39 is 0 Å². The molecule has 4 heteroatoms. The van der Waals surface area contributed by atoms with Crippen LogP contribution in [0, 0.1) is 55.4 Å². The Hall–Kier alpha value is -4.70. The Morgan fingerprint density at radius 3 is 0.604 bits per heavy atom.